The van der Waals surface area contributed by atoms with Crippen LogP contribution < -0.4 is 15.4 Å². The fraction of sp³-hybridized carbons (Fsp3) is 0.682. The second-order valence-corrected chi connectivity index (χ2v) is 7.60. The fourth-order valence-electron chi connectivity index (χ4n) is 3.10. The van der Waals surface area contributed by atoms with E-state index < -0.39 is 0 Å². The third-order valence-electron chi connectivity index (χ3n) is 5.15. The highest BCUT2D eigenvalue weighted by atomic mass is 127. The standard InChI is InChI=1S/C22H37N3O3.HI/c1-5-23-21(25-17-22(9-10-22)11-14-27-4)24-16-19-8-7-18(2)15-20(19)28-13-6-12-26-3;/h7-8,15H,5-6,9-14,16-17H2,1-4H3,(H2,23,24,25);1H. The summed E-state index contributed by atoms with van der Waals surface area (Å²) in [6.07, 6.45) is 4.51. The van der Waals surface area contributed by atoms with Crippen molar-refractivity contribution >= 4 is 29.9 Å². The first kappa shape index (κ1) is 26.0. The molecule has 0 radical (unpaired) electrons. The minimum absolute atomic E-state index is 0. The number of guanidine groups is 1. The lowest BCUT2D eigenvalue weighted by atomic mass is 10.0. The van der Waals surface area contributed by atoms with Gasteiger partial charge in [0.25, 0.3) is 0 Å². The van der Waals surface area contributed by atoms with Crippen LogP contribution in [0.2, 0.25) is 0 Å². The molecule has 2 N–H and O–H groups in total. The highest BCUT2D eigenvalue weighted by molar-refractivity contribution is 14.0. The van der Waals surface area contributed by atoms with Gasteiger partial charge in [0.05, 0.1) is 13.2 Å². The Labute approximate surface area is 193 Å². The molecule has 7 heteroatoms. The molecule has 166 valence electrons. The zero-order valence-corrected chi connectivity index (χ0v) is 20.7. The van der Waals surface area contributed by atoms with Crippen molar-refractivity contribution in [1.82, 2.24) is 10.6 Å². The zero-order valence-electron chi connectivity index (χ0n) is 18.4. The largest absolute Gasteiger partial charge is 0.493 e. The monoisotopic (exact) mass is 519 g/mol. The average molecular weight is 519 g/mol. The van der Waals surface area contributed by atoms with Gasteiger partial charge in [-0.2, -0.15) is 0 Å². The van der Waals surface area contributed by atoms with Gasteiger partial charge in [-0.15, -0.1) is 24.0 Å². The quantitative estimate of drug-likeness (QED) is 0.179. The molecule has 1 aromatic carbocycles. The summed E-state index contributed by atoms with van der Waals surface area (Å²) in [7, 11) is 3.48. The first-order valence-corrected chi connectivity index (χ1v) is 10.3. The molecule has 1 aromatic rings. The number of halogens is 1. The Morgan fingerprint density at radius 2 is 1.86 bits per heavy atom. The lowest BCUT2D eigenvalue weighted by Gasteiger charge is -2.18. The molecule has 1 aliphatic carbocycles. The van der Waals surface area contributed by atoms with Crippen molar-refractivity contribution < 1.29 is 14.2 Å². The van der Waals surface area contributed by atoms with E-state index in [4.69, 9.17) is 19.2 Å². The summed E-state index contributed by atoms with van der Waals surface area (Å²) in [6, 6.07) is 6.30. The second-order valence-electron chi connectivity index (χ2n) is 7.60. The van der Waals surface area contributed by atoms with E-state index in [9.17, 15) is 0 Å². The lowest BCUT2D eigenvalue weighted by Crippen LogP contribution is -2.40. The Morgan fingerprint density at radius 1 is 1.10 bits per heavy atom. The number of hydrogen-bond donors (Lipinski definition) is 2. The predicted molar refractivity (Wildman–Crippen MR) is 130 cm³/mol. The van der Waals surface area contributed by atoms with E-state index in [2.05, 4.69) is 42.7 Å². The SMILES string of the molecule is CCNC(=NCc1ccc(C)cc1OCCCOC)NCC1(CCOC)CC1.I. The summed E-state index contributed by atoms with van der Waals surface area (Å²) in [4.78, 5) is 4.79. The van der Waals surface area contributed by atoms with Crippen LogP contribution in [-0.2, 0) is 16.0 Å². The summed E-state index contributed by atoms with van der Waals surface area (Å²) >= 11 is 0. The van der Waals surface area contributed by atoms with Crippen molar-refractivity contribution in [3.63, 3.8) is 0 Å². The Hall–Kier alpha value is -1.06. The van der Waals surface area contributed by atoms with Gasteiger partial charge in [0, 0.05) is 52.5 Å². The van der Waals surface area contributed by atoms with Crippen LogP contribution in [0.4, 0.5) is 0 Å². The van der Waals surface area contributed by atoms with Gasteiger partial charge in [0.15, 0.2) is 5.96 Å². The smallest absolute Gasteiger partial charge is 0.191 e. The Balaban J connectivity index is 0.00000420. The Bertz CT molecular complexity index is 621. The zero-order chi connectivity index (χ0) is 20.2. The van der Waals surface area contributed by atoms with Crippen LogP contribution in [0.1, 0.15) is 43.7 Å². The summed E-state index contributed by atoms with van der Waals surface area (Å²) in [5, 5.41) is 6.87. The van der Waals surface area contributed by atoms with E-state index in [1.54, 1.807) is 14.2 Å². The van der Waals surface area contributed by atoms with Crippen LogP contribution in [0.5, 0.6) is 5.75 Å². The third-order valence-corrected chi connectivity index (χ3v) is 5.15. The van der Waals surface area contributed by atoms with Gasteiger partial charge in [-0.05, 0) is 50.2 Å². The van der Waals surface area contributed by atoms with Gasteiger partial charge < -0.3 is 24.8 Å². The molecule has 6 nitrogen and oxygen atoms in total. The van der Waals surface area contributed by atoms with Gasteiger partial charge in [0.2, 0.25) is 0 Å². The van der Waals surface area contributed by atoms with Gasteiger partial charge in [-0.1, -0.05) is 12.1 Å². The highest BCUT2D eigenvalue weighted by Gasteiger charge is 2.41. The second kappa shape index (κ2) is 14.0. The van der Waals surface area contributed by atoms with E-state index in [1.807, 2.05) is 0 Å². The van der Waals surface area contributed by atoms with E-state index in [0.717, 1.165) is 49.8 Å². The van der Waals surface area contributed by atoms with Crippen LogP contribution >= 0.6 is 24.0 Å². The van der Waals surface area contributed by atoms with E-state index >= 15 is 0 Å². The third kappa shape index (κ3) is 9.53. The summed E-state index contributed by atoms with van der Waals surface area (Å²) in [5.41, 5.74) is 2.67. The van der Waals surface area contributed by atoms with Crippen molar-refractivity contribution in [2.75, 3.05) is 47.1 Å². The van der Waals surface area contributed by atoms with Crippen molar-refractivity contribution in [1.29, 1.82) is 0 Å². The van der Waals surface area contributed by atoms with E-state index in [1.165, 1.54) is 18.4 Å². The number of nitrogens with zero attached hydrogens (tertiary/aromatic N) is 1. The predicted octanol–water partition coefficient (Wildman–Crippen LogP) is 3.90. The topological polar surface area (TPSA) is 64.1 Å². The van der Waals surface area contributed by atoms with Crippen molar-refractivity contribution in [2.45, 2.75) is 46.1 Å². The molecule has 0 bridgehead atoms. The summed E-state index contributed by atoms with van der Waals surface area (Å²) in [5.74, 6) is 1.77. The molecule has 29 heavy (non-hydrogen) atoms. The minimum Gasteiger partial charge on any atom is -0.493 e. The number of aryl methyl sites for hydroxylation is 1. The molecule has 1 saturated carbocycles. The summed E-state index contributed by atoms with van der Waals surface area (Å²) < 4.78 is 16.3. The molecule has 1 aliphatic rings. The number of methoxy groups -OCH3 is 2. The maximum Gasteiger partial charge on any atom is 0.191 e. The fourth-order valence-corrected chi connectivity index (χ4v) is 3.10. The molecule has 0 saturated heterocycles. The lowest BCUT2D eigenvalue weighted by molar-refractivity contribution is 0.171. The molecular formula is C22H38IN3O3. The number of benzene rings is 1. The number of ether oxygens (including phenoxy) is 3. The van der Waals surface area contributed by atoms with E-state index in [-0.39, 0.29) is 24.0 Å². The normalized spacial score (nSPS) is 14.8. The molecule has 0 spiro atoms. The van der Waals surface area contributed by atoms with Gasteiger partial charge in [-0.3, -0.25) is 0 Å². The molecule has 0 unspecified atom stereocenters. The molecular weight excluding hydrogens is 481 g/mol. The minimum atomic E-state index is 0. The van der Waals surface area contributed by atoms with Crippen LogP contribution in [0.3, 0.4) is 0 Å². The highest BCUT2D eigenvalue weighted by Crippen LogP contribution is 2.48. The van der Waals surface area contributed by atoms with Gasteiger partial charge in [0.1, 0.15) is 5.75 Å². The molecule has 0 atom stereocenters. The Kier molecular flexibility index (Phi) is 12.6. The number of rotatable bonds is 13. The maximum atomic E-state index is 5.98. The molecule has 0 aromatic heterocycles. The maximum absolute atomic E-state index is 5.98. The van der Waals surface area contributed by atoms with Crippen LogP contribution in [0.25, 0.3) is 0 Å². The first-order valence-electron chi connectivity index (χ1n) is 10.3. The molecule has 0 aliphatic heterocycles. The molecule has 2 rings (SSSR count). The molecule has 0 amide bonds. The number of hydrogen-bond acceptors (Lipinski definition) is 4. The van der Waals surface area contributed by atoms with Crippen molar-refractivity contribution in [3.8, 4) is 5.75 Å². The molecule has 0 heterocycles. The summed E-state index contributed by atoms with van der Waals surface area (Å²) in [6.45, 7) is 8.71. The average Bonchev–Trinajstić information content (AvgIpc) is 3.47. The van der Waals surface area contributed by atoms with Crippen molar-refractivity contribution in [2.24, 2.45) is 10.4 Å². The van der Waals surface area contributed by atoms with Gasteiger partial charge in [-0.25, -0.2) is 4.99 Å². The molecule has 1 fully saturated rings. The van der Waals surface area contributed by atoms with Gasteiger partial charge >= 0.3 is 0 Å². The van der Waals surface area contributed by atoms with E-state index in [0.29, 0.717) is 25.2 Å². The number of nitrogens with one attached hydrogen (secondary N) is 2. The Morgan fingerprint density at radius 3 is 2.52 bits per heavy atom. The van der Waals surface area contributed by atoms with Crippen LogP contribution in [0.15, 0.2) is 23.2 Å². The van der Waals surface area contributed by atoms with Crippen LogP contribution in [-0.4, -0.2) is 53.1 Å². The number of aliphatic imine (C=N–C) groups is 1. The van der Waals surface area contributed by atoms with Crippen LogP contribution in [0, 0.1) is 12.3 Å². The van der Waals surface area contributed by atoms with Crippen molar-refractivity contribution in [3.05, 3.63) is 29.3 Å². The first-order chi connectivity index (χ1) is 13.6.